The zero-order valence-electron chi connectivity index (χ0n) is 11.0. The minimum absolute atomic E-state index is 0.195. The van der Waals surface area contributed by atoms with Crippen LogP contribution < -0.4 is 5.32 Å². The van der Waals surface area contributed by atoms with E-state index in [9.17, 15) is 9.90 Å². The van der Waals surface area contributed by atoms with Gasteiger partial charge in [0.2, 0.25) is 0 Å². The molecule has 19 heavy (non-hydrogen) atoms. The predicted octanol–water partition coefficient (Wildman–Crippen LogP) is 2.77. The highest BCUT2D eigenvalue weighted by atomic mass is 32.1. The van der Waals surface area contributed by atoms with E-state index in [2.05, 4.69) is 15.5 Å². The maximum atomic E-state index is 11.3. The normalized spacial score (nSPS) is 10.5. The highest BCUT2D eigenvalue weighted by Gasteiger charge is 2.17. The number of hydrogen-bond donors (Lipinski definition) is 2. The Balaban J connectivity index is 2.25. The van der Waals surface area contributed by atoms with Crippen molar-refractivity contribution in [1.82, 2.24) is 10.2 Å². The van der Waals surface area contributed by atoms with E-state index in [0.29, 0.717) is 23.6 Å². The Labute approximate surface area is 115 Å². The van der Waals surface area contributed by atoms with Crippen molar-refractivity contribution in [3.8, 4) is 0 Å². The van der Waals surface area contributed by atoms with Gasteiger partial charge in [0.1, 0.15) is 5.56 Å². The topological polar surface area (TPSA) is 75.1 Å². The number of aromatic carboxylic acids is 1. The number of rotatable bonds is 4. The smallest absolute Gasteiger partial charge is 0.339 e. The second-order valence-electron chi connectivity index (χ2n) is 4.31. The van der Waals surface area contributed by atoms with Crippen LogP contribution in [-0.4, -0.2) is 21.3 Å². The Kier molecular flexibility index (Phi) is 3.80. The molecule has 0 aliphatic rings. The molecule has 0 fully saturated rings. The first-order valence-electron chi connectivity index (χ1n) is 5.85. The summed E-state index contributed by atoms with van der Waals surface area (Å²) in [5.41, 5.74) is 1.48. The van der Waals surface area contributed by atoms with Crippen LogP contribution >= 0.6 is 11.3 Å². The first kappa shape index (κ1) is 13.5. The maximum absolute atomic E-state index is 11.3. The number of thiophene rings is 1. The molecule has 0 radical (unpaired) electrons. The molecule has 0 unspecified atom stereocenters. The Morgan fingerprint density at radius 3 is 2.63 bits per heavy atom. The molecule has 2 N–H and O–H groups in total. The quantitative estimate of drug-likeness (QED) is 0.898. The molecule has 0 spiro atoms. The first-order valence-corrected chi connectivity index (χ1v) is 6.67. The van der Waals surface area contributed by atoms with Gasteiger partial charge in [0.25, 0.3) is 0 Å². The van der Waals surface area contributed by atoms with Gasteiger partial charge in [-0.2, -0.15) is 5.10 Å². The summed E-state index contributed by atoms with van der Waals surface area (Å²) < 4.78 is 0. The third-order valence-electron chi connectivity index (χ3n) is 2.89. The molecule has 0 aliphatic heterocycles. The van der Waals surface area contributed by atoms with Crippen LogP contribution in [0.25, 0.3) is 0 Å². The minimum atomic E-state index is -0.986. The van der Waals surface area contributed by atoms with Crippen LogP contribution in [0, 0.1) is 20.8 Å². The van der Waals surface area contributed by atoms with Gasteiger partial charge in [-0.1, -0.05) is 0 Å². The summed E-state index contributed by atoms with van der Waals surface area (Å²) in [5.74, 6) is -0.665. The van der Waals surface area contributed by atoms with Crippen LogP contribution in [0.15, 0.2) is 12.1 Å². The molecule has 0 amide bonds. The molecule has 100 valence electrons. The van der Waals surface area contributed by atoms with E-state index in [1.807, 2.05) is 19.1 Å². The molecule has 6 heteroatoms. The van der Waals surface area contributed by atoms with E-state index in [4.69, 9.17) is 0 Å². The number of carbonyl (C=O) groups is 1. The zero-order valence-corrected chi connectivity index (χ0v) is 11.8. The molecule has 2 rings (SSSR count). The number of nitrogens with one attached hydrogen (secondary N) is 1. The summed E-state index contributed by atoms with van der Waals surface area (Å²) in [6.07, 6.45) is 0. The third kappa shape index (κ3) is 2.90. The monoisotopic (exact) mass is 277 g/mol. The largest absolute Gasteiger partial charge is 0.478 e. The van der Waals surface area contributed by atoms with E-state index < -0.39 is 5.97 Å². The van der Waals surface area contributed by atoms with E-state index in [1.54, 1.807) is 25.2 Å². The van der Waals surface area contributed by atoms with Crippen LogP contribution in [0.1, 0.15) is 31.4 Å². The SMILES string of the molecule is Cc1ccc(CNc2nnc(C)c(C)c2C(=O)O)s1. The van der Waals surface area contributed by atoms with Crippen molar-refractivity contribution in [3.05, 3.63) is 38.7 Å². The number of carboxylic acid groups (broad SMARTS) is 1. The Bertz CT molecular complexity index is 622. The van der Waals surface area contributed by atoms with Crippen molar-refractivity contribution >= 4 is 23.1 Å². The number of carboxylic acids is 1. The van der Waals surface area contributed by atoms with Gasteiger partial charge in [0.05, 0.1) is 12.2 Å². The molecule has 5 nitrogen and oxygen atoms in total. The summed E-state index contributed by atoms with van der Waals surface area (Å²) in [7, 11) is 0. The van der Waals surface area contributed by atoms with Gasteiger partial charge < -0.3 is 10.4 Å². The summed E-state index contributed by atoms with van der Waals surface area (Å²) >= 11 is 1.67. The van der Waals surface area contributed by atoms with Gasteiger partial charge in [-0.25, -0.2) is 4.79 Å². The molecule has 0 bridgehead atoms. The van der Waals surface area contributed by atoms with Gasteiger partial charge in [-0.15, -0.1) is 16.4 Å². The van der Waals surface area contributed by atoms with Crippen LogP contribution in [0.4, 0.5) is 5.82 Å². The first-order chi connectivity index (χ1) is 8.99. The van der Waals surface area contributed by atoms with Gasteiger partial charge in [0.15, 0.2) is 5.82 Å². The molecule has 0 saturated heterocycles. The molecule has 0 aromatic carbocycles. The highest BCUT2D eigenvalue weighted by Crippen LogP contribution is 2.21. The third-order valence-corrected chi connectivity index (χ3v) is 3.90. The molecule has 0 aliphatic carbocycles. The lowest BCUT2D eigenvalue weighted by molar-refractivity contribution is 0.0696. The van der Waals surface area contributed by atoms with Gasteiger partial charge >= 0.3 is 5.97 Å². The van der Waals surface area contributed by atoms with E-state index in [0.717, 1.165) is 4.88 Å². The molecule has 0 atom stereocenters. The van der Waals surface area contributed by atoms with Crippen molar-refractivity contribution in [2.75, 3.05) is 5.32 Å². The van der Waals surface area contributed by atoms with Crippen molar-refractivity contribution < 1.29 is 9.90 Å². The lowest BCUT2D eigenvalue weighted by Crippen LogP contribution is -2.12. The summed E-state index contributed by atoms with van der Waals surface area (Å²) in [5, 5.41) is 20.2. The van der Waals surface area contributed by atoms with Crippen LogP contribution in [0.3, 0.4) is 0 Å². The Hall–Kier alpha value is -1.95. The van der Waals surface area contributed by atoms with E-state index >= 15 is 0 Å². The summed E-state index contributed by atoms with van der Waals surface area (Å²) in [4.78, 5) is 13.7. The lowest BCUT2D eigenvalue weighted by Gasteiger charge is -2.10. The number of aromatic nitrogens is 2. The van der Waals surface area contributed by atoms with E-state index in [-0.39, 0.29) is 5.56 Å². The Morgan fingerprint density at radius 2 is 2.05 bits per heavy atom. The van der Waals surface area contributed by atoms with E-state index in [1.165, 1.54) is 4.88 Å². The van der Waals surface area contributed by atoms with Gasteiger partial charge in [-0.05, 0) is 38.5 Å². The van der Waals surface area contributed by atoms with Crippen LogP contribution in [-0.2, 0) is 6.54 Å². The molecule has 2 aromatic rings. The van der Waals surface area contributed by atoms with Crippen molar-refractivity contribution in [3.63, 3.8) is 0 Å². The van der Waals surface area contributed by atoms with Gasteiger partial charge in [-0.3, -0.25) is 0 Å². The second-order valence-corrected chi connectivity index (χ2v) is 5.68. The predicted molar refractivity (Wildman–Crippen MR) is 74.8 cm³/mol. The average molecular weight is 277 g/mol. The number of anilines is 1. The second kappa shape index (κ2) is 5.36. The standard InChI is InChI=1S/C13H15N3O2S/c1-7-4-5-10(19-7)6-14-12-11(13(17)18)8(2)9(3)15-16-12/h4-5H,6H2,1-3H3,(H,14,16)(H,17,18). The minimum Gasteiger partial charge on any atom is -0.478 e. The summed E-state index contributed by atoms with van der Waals surface area (Å²) in [6.45, 7) is 6.08. The van der Waals surface area contributed by atoms with Crippen molar-refractivity contribution in [1.29, 1.82) is 0 Å². The molecular formula is C13H15N3O2S. The Morgan fingerprint density at radius 1 is 1.32 bits per heavy atom. The summed E-state index contributed by atoms with van der Waals surface area (Å²) in [6, 6.07) is 4.05. The van der Waals surface area contributed by atoms with Crippen molar-refractivity contribution in [2.45, 2.75) is 27.3 Å². The fraction of sp³-hybridized carbons (Fsp3) is 0.308. The number of nitrogens with zero attached hydrogens (tertiary/aromatic N) is 2. The van der Waals surface area contributed by atoms with Crippen molar-refractivity contribution in [2.24, 2.45) is 0 Å². The molecule has 2 aromatic heterocycles. The van der Waals surface area contributed by atoms with Crippen LogP contribution in [0.2, 0.25) is 0 Å². The van der Waals surface area contributed by atoms with Crippen LogP contribution in [0.5, 0.6) is 0 Å². The number of hydrogen-bond acceptors (Lipinski definition) is 5. The zero-order chi connectivity index (χ0) is 14.0. The molecule has 2 heterocycles. The maximum Gasteiger partial charge on any atom is 0.339 e. The fourth-order valence-electron chi connectivity index (χ4n) is 1.74. The lowest BCUT2D eigenvalue weighted by atomic mass is 10.1. The average Bonchev–Trinajstić information content (AvgIpc) is 2.76. The molecular weight excluding hydrogens is 262 g/mol. The molecule has 0 saturated carbocycles. The number of aryl methyl sites for hydroxylation is 2. The fourth-order valence-corrected chi connectivity index (χ4v) is 2.57. The highest BCUT2D eigenvalue weighted by molar-refractivity contribution is 7.11. The van der Waals surface area contributed by atoms with Gasteiger partial charge in [0, 0.05) is 9.75 Å².